The van der Waals surface area contributed by atoms with E-state index in [9.17, 15) is 9.90 Å². The highest BCUT2D eigenvalue weighted by atomic mass is 32.1. The average Bonchev–Trinajstić information content (AvgIpc) is 2.93. The third kappa shape index (κ3) is 4.43. The number of piperazine rings is 1. The van der Waals surface area contributed by atoms with Gasteiger partial charge in [-0.1, -0.05) is 0 Å². The van der Waals surface area contributed by atoms with Crippen LogP contribution in [0.3, 0.4) is 0 Å². The number of hydrogen-bond donors (Lipinski definition) is 1. The highest BCUT2D eigenvalue weighted by molar-refractivity contribution is 7.13. The predicted octanol–water partition coefficient (Wildman–Crippen LogP) is 0.579. The number of aliphatic hydroxyl groups excluding tert-OH is 1. The second-order valence-electron chi connectivity index (χ2n) is 4.77. The van der Waals surface area contributed by atoms with Crippen LogP contribution in [-0.2, 0) is 9.53 Å². The van der Waals surface area contributed by atoms with Gasteiger partial charge in [-0.2, -0.15) is 0 Å². The number of aliphatic hydroxyl groups is 1. The Morgan fingerprint density at radius 2 is 2.25 bits per heavy atom. The molecule has 1 aromatic heterocycles. The Hall–Kier alpha value is -1.18. The molecule has 0 spiro atoms. The van der Waals surface area contributed by atoms with Crippen LogP contribution < -0.4 is 4.90 Å². The van der Waals surface area contributed by atoms with Crippen molar-refractivity contribution in [3.05, 3.63) is 11.6 Å². The summed E-state index contributed by atoms with van der Waals surface area (Å²) in [5.41, 5.74) is 0. The number of rotatable bonds is 6. The number of thiazole rings is 1. The van der Waals surface area contributed by atoms with Crippen molar-refractivity contribution in [2.75, 3.05) is 44.2 Å². The summed E-state index contributed by atoms with van der Waals surface area (Å²) >= 11 is 1.64. The molecule has 0 radical (unpaired) electrons. The molecule has 0 aromatic carbocycles. The Balaban J connectivity index is 1.70. The molecule has 1 N–H and O–H groups in total. The van der Waals surface area contributed by atoms with Gasteiger partial charge >= 0.3 is 5.97 Å². The van der Waals surface area contributed by atoms with E-state index in [2.05, 4.69) is 14.8 Å². The number of ether oxygens (including phenoxy) is 1. The fraction of sp³-hybridized carbons (Fsp3) is 0.692. The Kier molecular flexibility index (Phi) is 5.75. The van der Waals surface area contributed by atoms with Gasteiger partial charge in [0.15, 0.2) is 5.13 Å². The van der Waals surface area contributed by atoms with E-state index in [0.29, 0.717) is 13.2 Å². The summed E-state index contributed by atoms with van der Waals surface area (Å²) in [7, 11) is 0. The van der Waals surface area contributed by atoms with Crippen LogP contribution >= 0.6 is 11.3 Å². The molecule has 2 heterocycles. The molecule has 2 rings (SSSR count). The summed E-state index contributed by atoms with van der Waals surface area (Å²) in [6.45, 7) is 6.20. The minimum atomic E-state index is -0.652. The van der Waals surface area contributed by atoms with Gasteiger partial charge in [-0.3, -0.25) is 9.69 Å². The maximum atomic E-state index is 11.3. The van der Waals surface area contributed by atoms with E-state index in [0.717, 1.165) is 31.3 Å². The van der Waals surface area contributed by atoms with Gasteiger partial charge in [-0.05, 0) is 6.92 Å². The number of esters is 1. The molecule has 1 fully saturated rings. The highest BCUT2D eigenvalue weighted by Gasteiger charge is 2.21. The molecule has 1 aliphatic rings. The van der Waals surface area contributed by atoms with Crippen LogP contribution in [0.25, 0.3) is 0 Å². The molecule has 112 valence electrons. The van der Waals surface area contributed by atoms with Crippen molar-refractivity contribution in [1.82, 2.24) is 9.88 Å². The van der Waals surface area contributed by atoms with Gasteiger partial charge in [0.05, 0.1) is 19.1 Å². The lowest BCUT2D eigenvalue weighted by molar-refractivity contribution is -0.145. The van der Waals surface area contributed by atoms with E-state index < -0.39 is 6.10 Å². The molecule has 1 aromatic rings. The Labute approximate surface area is 123 Å². The van der Waals surface area contributed by atoms with Crippen LogP contribution in [-0.4, -0.2) is 66.4 Å². The van der Waals surface area contributed by atoms with Gasteiger partial charge in [-0.25, -0.2) is 4.98 Å². The summed E-state index contributed by atoms with van der Waals surface area (Å²) in [5, 5.41) is 12.9. The molecule has 1 saturated heterocycles. The van der Waals surface area contributed by atoms with E-state index in [4.69, 9.17) is 4.74 Å². The summed E-state index contributed by atoms with van der Waals surface area (Å²) < 4.78 is 4.84. The Morgan fingerprint density at radius 3 is 2.85 bits per heavy atom. The van der Waals surface area contributed by atoms with Crippen molar-refractivity contribution in [2.24, 2.45) is 0 Å². The second-order valence-corrected chi connectivity index (χ2v) is 5.64. The first-order valence-corrected chi connectivity index (χ1v) is 7.77. The number of aromatic nitrogens is 1. The highest BCUT2D eigenvalue weighted by Crippen LogP contribution is 2.18. The SMILES string of the molecule is CCOC(=O)CC(O)CN1CCN(c2nccs2)CC1. The molecule has 7 heteroatoms. The first-order chi connectivity index (χ1) is 9.69. The van der Waals surface area contributed by atoms with Crippen LogP contribution in [0.5, 0.6) is 0 Å². The van der Waals surface area contributed by atoms with Crippen molar-refractivity contribution in [3.8, 4) is 0 Å². The number of β-amino-alcohol motifs (C(OH)–C–C–N with tert-alkyl or cyclic N) is 1. The zero-order chi connectivity index (χ0) is 14.4. The number of carbonyl (C=O) groups is 1. The van der Waals surface area contributed by atoms with Crippen molar-refractivity contribution in [2.45, 2.75) is 19.4 Å². The molecule has 0 bridgehead atoms. The normalized spacial score (nSPS) is 18.0. The summed E-state index contributed by atoms with van der Waals surface area (Å²) in [5.74, 6) is -0.332. The number of anilines is 1. The maximum Gasteiger partial charge on any atom is 0.308 e. The van der Waals surface area contributed by atoms with E-state index in [1.54, 1.807) is 18.3 Å². The van der Waals surface area contributed by atoms with Crippen molar-refractivity contribution < 1.29 is 14.6 Å². The van der Waals surface area contributed by atoms with E-state index in [1.807, 2.05) is 11.6 Å². The molecule has 0 aliphatic carbocycles. The standard InChI is InChI=1S/C13H21N3O3S/c1-2-19-12(18)9-11(17)10-15-4-6-16(7-5-15)13-14-3-8-20-13/h3,8,11,17H,2,4-7,9-10H2,1H3. The van der Waals surface area contributed by atoms with Gasteiger partial charge < -0.3 is 14.7 Å². The predicted molar refractivity (Wildman–Crippen MR) is 78.0 cm³/mol. The van der Waals surface area contributed by atoms with Crippen LogP contribution in [0, 0.1) is 0 Å². The second kappa shape index (κ2) is 7.56. The molecule has 6 nitrogen and oxygen atoms in total. The molecule has 1 atom stereocenters. The first-order valence-electron chi connectivity index (χ1n) is 6.89. The Bertz CT molecular complexity index is 405. The average molecular weight is 299 g/mol. The Morgan fingerprint density at radius 1 is 1.50 bits per heavy atom. The number of nitrogens with zero attached hydrogens (tertiary/aromatic N) is 3. The van der Waals surface area contributed by atoms with Crippen LogP contribution in [0.4, 0.5) is 5.13 Å². The lowest BCUT2D eigenvalue weighted by atomic mass is 10.2. The van der Waals surface area contributed by atoms with Crippen molar-refractivity contribution in [1.29, 1.82) is 0 Å². The largest absolute Gasteiger partial charge is 0.466 e. The first kappa shape index (κ1) is 15.2. The van der Waals surface area contributed by atoms with Crippen LogP contribution in [0.1, 0.15) is 13.3 Å². The monoisotopic (exact) mass is 299 g/mol. The van der Waals surface area contributed by atoms with Gasteiger partial charge in [0.25, 0.3) is 0 Å². The number of hydrogen-bond acceptors (Lipinski definition) is 7. The lowest BCUT2D eigenvalue weighted by Crippen LogP contribution is -2.48. The van der Waals surface area contributed by atoms with E-state index in [-0.39, 0.29) is 12.4 Å². The smallest absolute Gasteiger partial charge is 0.308 e. The fourth-order valence-electron chi connectivity index (χ4n) is 2.27. The summed E-state index contributed by atoms with van der Waals surface area (Å²) in [6, 6.07) is 0. The summed E-state index contributed by atoms with van der Waals surface area (Å²) in [6.07, 6.45) is 1.23. The molecule has 0 saturated carbocycles. The molecule has 1 aliphatic heterocycles. The molecule has 20 heavy (non-hydrogen) atoms. The van der Waals surface area contributed by atoms with Crippen LogP contribution in [0.15, 0.2) is 11.6 Å². The van der Waals surface area contributed by atoms with Gasteiger partial charge in [0, 0.05) is 44.3 Å². The third-order valence-corrected chi connectivity index (χ3v) is 4.07. The van der Waals surface area contributed by atoms with Gasteiger partial charge in [-0.15, -0.1) is 11.3 Å². The molecular formula is C13H21N3O3S. The quantitative estimate of drug-likeness (QED) is 0.775. The van der Waals surface area contributed by atoms with Gasteiger partial charge in [0.2, 0.25) is 0 Å². The topological polar surface area (TPSA) is 65.9 Å². The zero-order valence-electron chi connectivity index (χ0n) is 11.7. The van der Waals surface area contributed by atoms with Crippen molar-refractivity contribution >= 4 is 22.4 Å². The minimum absolute atomic E-state index is 0.0700. The fourth-order valence-corrected chi connectivity index (χ4v) is 2.97. The molecule has 0 amide bonds. The van der Waals surface area contributed by atoms with E-state index >= 15 is 0 Å². The zero-order valence-corrected chi connectivity index (χ0v) is 12.5. The van der Waals surface area contributed by atoms with E-state index in [1.165, 1.54) is 0 Å². The third-order valence-electron chi connectivity index (χ3n) is 3.24. The van der Waals surface area contributed by atoms with Crippen LogP contribution in [0.2, 0.25) is 0 Å². The maximum absolute atomic E-state index is 11.3. The summed E-state index contributed by atoms with van der Waals surface area (Å²) in [4.78, 5) is 20.0. The molecule has 1 unspecified atom stereocenters. The molecular weight excluding hydrogens is 278 g/mol. The number of carbonyl (C=O) groups excluding carboxylic acids is 1. The lowest BCUT2D eigenvalue weighted by Gasteiger charge is -2.35. The van der Waals surface area contributed by atoms with Crippen molar-refractivity contribution in [3.63, 3.8) is 0 Å². The minimum Gasteiger partial charge on any atom is -0.466 e. The van der Waals surface area contributed by atoms with Gasteiger partial charge in [0.1, 0.15) is 0 Å².